The van der Waals surface area contributed by atoms with Crippen molar-refractivity contribution in [3.63, 3.8) is 0 Å². The number of carbonyl (C=O) groups is 6. The highest BCUT2D eigenvalue weighted by atomic mass is 35.5. The van der Waals surface area contributed by atoms with Crippen LogP contribution in [-0.4, -0.2) is 47.3 Å². The molecule has 2 unspecified atom stereocenters. The average molecular weight is 1020 g/mol. The molecule has 0 aliphatic heterocycles. The highest BCUT2D eigenvalue weighted by Gasteiger charge is 2.36. The number of halogens is 10. The molecule has 14 nitrogen and oxygen atoms in total. The molecule has 2 atom stereocenters. The van der Waals surface area contributed by atoms with Gasteiger partial charge < -0.3 is 21.3 Å². The summed E-state index contributed by atoms with van der Waals surface area (Å²) in [7, 11) is 0. The van der Waals surface area contributed by atoms with Crippen molar-refractivity contribution < 1.29 is 55.1 Å². The number of ketones is 2. The van der Waals surface area contributed by atoms with Crippen LogP contribution in [0.3, 0.4) is 0 Å². The summed E-state index contributed by atoms with van der Waals surface area (Å²) in [5.74, 6) is -5.64. The van der Waals surface area contributed by atoms with Crippen LogP contribution >= 0.6 is 46.4 Å². The fourth-order valence-electron chi connectivity index (χ4n) is 6.19. The van der Waals surface area contributed by atoms with Gasteiger partial charge in [0.25, 0.3) is 23.6 Å². The molecular formula is C44H32Cl4F6N8O6. The number of nitrogens with zero attached hydrogens (tertiary/aromatic N) is 4. The minimum Gasteiger partial charge on any atom is -0.324 e. The van der Waals surface area contributed by atoms with Gasteiger partial charge >= 0.3 is 12.4 Å². The number of anilines is 4. The Balaban J connectivity index is 1.29. The van der Waals surface area contributed by atoms with Gasteiger partial charge in [0.15, 0.2) is 11.6 Å². The van der Waals surface area contributed by atoms with Crippen LogP contribution < -0.4 is 21.3 Å². The Bertz CT molecular complexity index is 2910. The minimum absolute atomic E-state index is 0.129. The third kappa shape index (κ3) is 12.4. The number of Topliss-reactive ketones (excluding diaryl/α,β-unsaturated/α-hetero) is 2. The largest absolute Gasteiger partial charge is 0.418 e. The molecule has 0 aliphatic rings. The lowest BCUT2D eigenvalue weighted by molar-refractivity contribution is -0.137. The molecule has 0 aromatic heterocycles. The highest BCUT2D eigenvalue weighted by Crippen LogP contribution is 2.41. The number of hydrogen-bond acceptors (Lipinski definition) is 10. The van der Waals surface area contributed by atoms with Gasteiger partial charge in [0.2, 0.25) is 12.1 Å². The maximum absolute atomic E-state index is 13.6. The summed E-state index contributed by atoms with van der Waals surface area (Å²) in [6, 6.07) is 12.6. The van der Waals surface area contributed by atoms with Crippen molar-refractivity contribution in [3.05, 3.63) is 138 Å². The molecule has 4 N–H and O–H groups in total. The molecule has 0 radical (unpaired) electrons. The number of aryl methyl sites for hydroxylation is 2. The van der Waals surface area contributed by atoms with Crippen LogP contribution in [0.5, 0.6) is 0 Å². The van der Waals surface area contributed by atoms with E-state index in [-0.39, 0.29) is 43.9 Å². The van der Waals surface area contributed by atoms with Gasteiger partial charge in [-0.2, -0.15) is 46.8 Å². The Kier molecular flexibility index (Phi) is 16.5. The lowest BCUT2D eigenvalue weighted by atomic mass is 10.1. The predicted octanol–water partition coefficient (Wildman–Crippen LogP) is 12.8. The van der Waals surface area contributed by atoms with E-state index in [2.05, 4.69) is 41.7 Å². The third-order valence-electron chi connectivity index (χ3n) is 9.44. The van der Waals surface area contributed by atoms with Crippen LogP contribution in [0.25, 0.3) is 0 Å². The second-order valence-corrected chi connectivity index (χ2v) is 16.0. The first kappa shape index (κ1) is 52.2. The maximum atomic E-state index is 13.6. The first-order valence-electron chi connectivity index (χ1n) is 19.3. The van der Waals surface area contributed by atoms with E-state index in [9.17, 15) is 55.1 Å². The smallest absolute Gasteiger partial charge is 0.324 e. The summed E-state index contributed by atoms with van der Waals surface area (Å²) < 4.78 is 81.7. The van der Waals surface area contributed by atoms with E-state index in [0.717, 1.165) is 50.2 Å². The van der Waals surface area contributed by atoms with Gasteiger partial charge in [-0.05, 0) is 99.5 Å². The first-order valence-corrected chi connectivity index (χ1v) is 20.8. The van der Waals surface area contributed by atoms with E-state index in [4.69, 9.17) is 46.4 Å². The zero-order valence-corrected chi connectivity index (χ0v) is 38.3. The van der Waals surface area contributed by atoms with Gasteiger partial charge in [0.05, 0.1) is 53.7 Å². The zero-order valence-electron chi connectivity index (χ0n) is 35.3. The van der Waals surface area contributed by atoms with Crippen LogP contribution in [-0.2, 0) is 31.5 Å². The number of amides is 4. The molecule has 5 aromatic rings. The lowest BCUT2D eigenvalue weighted by Crippen LogP contribution is -2.33. The molecule has 0 aliphatic carbocycles. The Labute approximate surface area is 401 Å². The maximum Gasteiger partial charge on any atom is 0.418 e. The van der Waals surface area contributed by atoms with E-state index < -0.39 is 92.2 Å². The SMILES string of the molecule is CC(=O)C(N=Nc1cccc(C(=O)Nc2c(Cl)cccc2C(F)(F)F)c1Cl)C(=O)Nc1cc(C)c(NC(=O)C(N=Nc2cccc(C(=O)Nc3c(Cl)cccc3C(F)(F)F)c2Cl)C(C)=O)c(C)c1. The van der Waals surface area contributed by atoms with E-state index in [1.165, 1.54) is 48.5 Å². The fourth-order valence-corrected chi connectivity index (χ4v) is 7.14. The van der Waals surface area contributed by atoms with E-state index in [0.29, 0.717) is 11.1 Å². The second kappa shape index (κ2) is 21.5. The van der Waals surface area contributed by atoms with Crippen molar-refractivity contribution in [2.75, 3.05) is 21.3 Å². The average Bonchev–Trinajstić information content (AvgIpc) is 3.23. The summed E-state index contributed by atoms with van der Waals surface area (Å²) in [4.78, 5) is 78.2. The van der Waals surface area contributed by atoms with Gasteiger partial charge in [-0.3, -0.25) is 28.8 Å². The number of rotatable bonds is 14. The zero-order chi connectivity index (χ0) is 50.4. The molecule has 68 heavy (non-hydrogen) atoms. The van der Waals surface area contributed by atoms with Crippen LogP contribution in [0.4, 0.5) is 60.5 Å². The molecule has 5 aromatic carbocycles. The van der Waals surface area contributed by atoms with Gasteiger partial charge in [-0.25, -0.2) is 0 Å². The quantitative estimate of drug-likeness (QED) is 0.0484. The predicted molar refractivity (Wildman–Crippen MR) is 243 cm³/mol. The number of carbonyl (C=O) groups excluding carboxylic acids is 6. The van der Waals surface area contributed by atoms with Gasteiger partial charge in [-0.15, -0.1) is 0 Å². The van der Waals surface area contributed by atoms with Crippen molar-refractivity contribution in [1.82, 2.24) is 0 Å². The molecular weight excluding hydrogens is 992 g/mol. The van der Waals surface area contributed by atoms with Crippen molar-refractivity contribution in [2.45, 2.75) is 52.1 Å². The van der Waals surface area contributed by atoms with Gasteiger partial charge in [0, 0.05) is 11.4 Å². The van der Waals surface area contributed by atoms with Crippen LogP contribution in [0.1, 0.15) is 56.8 Å². The summed E-state index contributed by atoms with van der Waals surface area (Å²) in [5.41, 5.74) is -3.93. The molecule has 5 rings (SSSR count). The summed E-state index contributed by atoms with van der Waals surface area (Å²) in [6.45, 7) is 5.19. The number of para-hydroxylation sites is 2. The molecule has 354 valence electrons. The lowest BCUT2D eigenvalue weighted by Gasteiger charge is -2.17. The number of nitrogens with one attached hydrogen (secondary N) is 4. The fraction of sp³-hybridized carbons (Fsp3) is 0.182. The second-order valence-electron chi connectivity index (χ2n) is 14.4. The standard InChI is InChI=1S/C44H32Cl4F6N8O6/c1-19-17-23(55-41(67)35(21(3)63)61-59-30-15-5-9-24(32(30)47)39(65)57-37-26(43(49,50)51)11-7-13-28(37)45)18-20(2)34(19)56-42(68)36(22(4)64)62-60-31-16-6-10-25(33(31)48)40(66)58-38-27(44(52,53)54)12-8-14-29(38)46/h5-18,35-36H,1-4H3,(H,55,67)(H,56,68)(H,57,65)(H,58,66). The number of alkyl halides is 6. The van der Waals surface area contributed by atoms with Crippen LogP contribution in [0.15, 0.2) is 105 Å². The van der Waals surface area contributed by atoms with Crippen molar-refractivity contribution in [3.8, 4) is 0 Å². The molecule has 0 fully saturated rings. The van der Waals surface area contributed by atoms with Gasteiger partial charge in [-0.1, -0.05) is 70.7 Å². The normalized spacial score (nSPS) is 12.7. The summed E-state index contributed by atoms with van der Waals surface area (Å²) in [5, 5.41) is 23.2. The monoisotopic (exact) mass is 1020 g/mol. The summed E-state index contributed by atoms with van der Waals surface area (Å²) >= 11 is 24.7. The Morgan fingerprint density at radius 3 is 1.25 bits per heavy atom. The molecule has 0 bridgehead atoms. The number of benzene rings is 5. The molecule has 0 saturated carbocycles. The van der Waals surface area contributed by atoms with Crippen LogP contribution in [0, 0.1) is 13.8 Å². The van der Waals surface area contributed by atoms with E-state index >= 15 is 0 Å². The van der Waals surface area contributed by atoms with E-state index in [1.807, 2.05) is 0 Å². The molecule has 0 saturated heterocycles. The minimum atomic E-state index is -4.86. The molecule has 24 heteroatoms. The van der Waals surface area contributed by atoms with Crippen molar-refractivity contribution >= 4 is 116 Å². The van der Waals surface area contributed by atoms with Gasteiger partial charge in [0.1, 0.15) is 11.4 Å². The molecule has 0 spiro atoms. The summed E-state index contributed by atoms with van der Waals surface area (Å²) in [6.07, 6.45) is -9.72. The van der Waals surface area contributed by atoms with Crippen molar-refractivity contribution in [1.29, 1.82) is 0 Å². The highest BCUT2D eigenvalue weighted by molar-refractivity contribution is 6.38. The Morgan fingerprint density at radius 2 is 0.882 bits per heavy atom. The Hall–Kier alpha value is -6.74. The van der Waals surface area contributed by atoms with E-state index in [1.54, 1.807) is 13.8 Å². The third-order valence-corrected chi connectivity index (χ3v) is 10.9. The number of hydrogen-bond donors (Lipinski definition) is 4. The van der Waals surface area contributed by atoms with Crippen LogP contribution in [0.2, 0.25) is 20.1 Å². The topological polar surface area (TPSA) is 200 Å². The first-order chi connectivity index (χ1) is 31.8. The molecule has 4 amide bonds. The molecule has 0 heterocycles. The Morgan fingerprint density at radius 1 is 0.515 bits per heavy atom. The van der Waals surface area contributed by atoms with Crippen molar-refractivity contribution in [2.24, 2.45) is 20.5 Å². The number of azo groups is 2.